The van der Waals surface area contributed by atoms with E-state index in [1.165, 1.54) is 20.3 Å². The molecule has 3 aliphatic heterocycles. The third-order valence-electron chi connectivity index (χ3n) is 13.0. The number of aliphatic hydroxyl groups is 4. The Morgan fingerprint density at radius 1 is 0.875 bits per heavy atom. The molecule has 4 N–H and O–H groups in total. The van der Waals surface area contributed by atoms with Crippen molar-refractivity contribution in [1.29, 1.82) is 0 Å². The highest BCUT2D eigenvalue weighted by Gasteiger charge is 2.48. The van der Waals surface area contributed by atoms with Crippen molar-refractivity contribution in [3.63, 3.8) is 0 Å². The molecular formula is C47H72N4O13. The molecule has 0 spiro atoms. The van der Waals surface area contributed by atoms with Crippen molar-refractivity contribution in [2.75, 3.05) is 34.9 Å². The molecule has 4 heterocycles. The maximum absolute atomic E-state index is 14.0. The minimum absolute atomic E-state index is 0.0189. The zero-order chi connectivity index (χ0) is 46.8. The third kappa shape index (κ3) is 12.9. The maximum Gasteiger partial charge on any atom is 0.308 e. The lowest BCUT2D eigenvalue weighted by atomic mass is 9.79. The quantitative estimate of drug-likeness (QED) is 0.212. The van der Waals surface area contributed by atoms with Gasteiger partial charge < -0.3 is 58.5 Å². The molecule has 3 aliphatic rings. The zero-order valence-corrected chi connectivity index (χ0v) is 39.0. The fourth-order valence-corrected chi connectivity index (χ4v) is 9.13. The summed E-state index contributed by atoms with van der Waals surface area (Å²) in [4.78, 5) is 29.6. The Kier molecular flexibility index (Phi) is 19.2. The van der Waals surface area contributed by atoms with Crippen LogP contribution in [0.3, 0.4) is 0 Å². The van der Waals surface area contributed by atoms with E-state index < -0.39 is 109 Å². The number of cyclic esters (lactones) is 1. The van der Waals surface area contributed by atoms with Crippen molar-refractivity contribution in [1.82, 2.24) is 19.9 Å². The molecule has 1 aromatic carbocycles. The number of rotatable bonds is 13. The molecule has 2 fully saturated rings. The van der Waals surface area contributed by atoms with Crippen LogP contribution in [0.1, 0.15) is 67.2 Å². The lowest BCUT2D eigenvalue weighted by Crippen LogP contribution is -2.63. The van der Waals surface area contributed by atoms with Crippen molar-refractivity contribution >= 4 is 11.8 Å². The molecule has 2 saturated heterocycles. The fourth-order valence-electron chi connectivity index (χ4n) is 9.13. The van der Waals surface area contributed by atoms with Crippen molar-refractivity contribution in [2.45, 2.75) is 153 Å². The number of ketones is 1. The molecule has 1 aromatic heterocycles. The van der Waals surface area contributed by atoms with Crippen LogP contribution in [0.15, 0.2) is 60.3 Å². The Morgan fingerprint density at radius 3 is 2.20 bits per heavy atom. The van der Waals surface area contributed by atoms with Crippen LogP contribution in [0.5, 0.6) is 0 Å². The van der Waals surface area contributed by atoms with Gasteiger partial charge >= 0.3 is 5.97 Å². The number of allylic oxidation sites excluding steroid dienone is 3. The predicted octanol–water partition coefficient (Wildman–Crippen LogP) is 3.32. The van der Waals surface area contributed by atoms with E-state index in [4.69, 9.17) is 33.2 Å². The van der Waals surface area contributed by atoms with Gasteiger partial charge in [0.2, 0.25) is 0 Å². The number of ether oxygens (including phenoxy) is 7. The zero-order valence-electron chi connectivity index (χ0n) is 39.0. The lowest BCUT2D eigenvalue weighted by molar-refractivity contribution is -0.304. The third-order valence-corrected chi connectivity index (χ3v) is 13.0. The first-order chi connectivity index (χ1) is 30.5. The second-order valence-corrected chi connectivity index (χ2v) is 18.0. The number of aryl methyl sites for hydroxylation is 1. The number of aliphatic hydroxyl groups excluding tert-OH is 4. The van der Waals surface area contributed by atoms with Crippen LogP contribution in [0.2, 0.25) is 0 Å². The normalized spacial score (nSPS) is 38.7. The molecule has 358 valence electrons. The smallest absolute Gasteiger partial charge is 0.308 e. The summed E-state index contributed by atoms with van der Waals surface area (Å²) < 4.78 is 44.2. The van der Waals surface area contributed by atoms with Gasteiger partial charge in [0.1, 0.15) is 36.2 Å². The van der Waals surface area contributed by atoms with Gasteiger partial charge in [0.05, 0.1) is 55.8 Å². The highest BCUT2D eigenvalue weighted by Crippen LogP contribution is 2.35. The number of hydrogen-bond donors (Lipinski definition) is 4. The molecule has 0 amide bonds. The molecular weight excluding hydrogens is 829 g/mol. The summed E-state index contributed by atoms with van der Waals surface area (Å²) >= 11 is 0. The number of hydrogen-bond acceptors (Lipinski definition) is 16. The van der Waals surface area contributed by atoms with Crippen molar-refractivity contribution in [2.24, 2.45) is 23.7 Å². The van der Waals surface area contributed by atoms with E-state index in [0.717, 1.165) is 11.1 Å². The molecule has 17 nitrogen and oxygen atoms in total. The van der Waals surface area contributed by atoms with E-state index in [0.29, 0.717) is 31.5 Å². The summed E-state index contributed by atoms with van der Waals surface area (Å²) in [5.74, 6) is -3.01. The molecule has 0 aliphatic carbocycles. The van der Waals surface area contributed by atoms with Gasteiger partial charge in [0, 0.05) is 44.1 Å². The van der Waals surface area contributed by atoms with Gasteiger partial charge in [-0.05, 0) is 66.1 Å². The van der Waals surface area contributed by atoms with Crippen LogP contribution in [0.25, 0.3) is 11.3 Å². The first-order valence-corrected chi connectivity index (χ1v) is 22.5. The van der Waals surface area contributed by atoms with Crippen LogP contribution in [-0.4, -0.2) is 167 Å². The van der Waals surface area contributed by atoms with Crippen LogP contribution < -0.4 is 0 Å². The second-order valence-electron chi connectivity index (χ2n) is 18.0. The summed E-state index contributed by atoms with van der Waals surface area (Å²) in [6, 6.07) is 8.95. The summed E-state index contributed by atoms with van der Waals surface area (Å²) in [5, 5.41) is 54.1. The Bertz CT molecular complexity index is 1830. The van der Waals surface area contributed by atoms with E-state index in [1.54, 1.807) is 50.5 Å². The van der Waals surface area contributed by atoms with Crippen molar-refractivity contribution in [3.05, 3.63) is 60.3 Å². The number of nitrogens with zero attached hydrogens (tertiary/aromatic N) is 4. The second kappa shape index (κ2) is 23.8. The average molecular weight is 901 g/mol. The van der Waals surface area contributed by atoms with E-state index >= 15 is 0 Å². The summed E-state index contributed by atoms with van der Waals surface area (Å²) in [7, 11) is 6.46. The van der Waals surface area contributed by atoms with Crippen LogP contribution in [0.4, 0.5) is 0 Å². The van der Waals surface area contributed by atoms with Crippen LogP contribution >= 0.6 is 0 Å². The lowest BCUT2D eigenvalue weighted by Gasteiger charge is -2.46. The Morgan fingerprint density at radius 2 is 1.55 bits per heavy atom. The Labute approximate surface area is 377 Å². The monoisotopic (exact) mass is 901 g/mol. The van der Waals surface area contributed by atoms with Gasteiger partial charge in [-0.2, -0.15) is 0 Å². The molecule has 0 saturated carbocycles. The number of likely N-dealkylation sites (N-methyl/N-ethyl adjacent to an activating group) is 1. The summed E-state index contributed by atoms with van der Waals surface area (Å²) in [6.07, 6.45) is -3.31. The molecule has 0 radical (unpaired) electrons. The highest BCUT2D eigenvalue weighted by molar-refractivity contribution is 5.91. The number of benzene rings is 1. The van der Waals surface area contributed by atoms with Crippen LogP contribution in [0, 0.1) is 23.7 Å². The molecule has 5 rings (SSSR count). The topological polar surface area (TPSA) is 214 Å². The van der Waals surface area contributed by atoms with E-state index in [1.807, 2.05) is 63.4 Å². The number of aromatic nitrogens is 3. The van der Waals surface area contributed by atoms with Gasteiger partial charge in [-0.25, -0.2) is 0 Å². The van der Waals surface area contributed by atoms with Gasteiger partial charge in [0.25, 0.3) is 0 Å². The fraction of sp³-hybridized carbons (Fsp3) is 0.702. The Hall–Kier alpha value is -3.46. The summed E-state index contributed by atoms with van der Waals surface area (Å²) in [5.41, 5.74) is 2.33. The standard InChI is InChI=1S/C47H72N4O13/c1-11-37-33(25-60-47-45(59-10)44(58-9)41(56)30(6)62-47)21-26(2)17-18-35(52)27(3)22-32(19-20-51-24-34(48-49-51)31-15-13-12-14-16-31)43(28(4)36(53)23-38(54)63-37)64-46-42(57)39(50(7)8)40(55)29(5)61-46/h12-18,21,24,27-30,32-33,36-37,39-47,53,55-57H,11,19-20,22-23,25H2,1-10H3/b18-17+,26-21+/t27-,28+,29-,30?,32+,33-,36-,37-,39?,40-,41-,42?,43-,44+,45?,46+,47-/m1/s1. The molecule has 4 unspecified atom stereocenters. The number of carbonyl (C=O) groups excluding carboxylic acids is 2. The van der Waals surface area contributed by atoms with Gasteiger partial charge in [0.15, 0.2) is 18.4 Å². The van der Waals surface area contributed by atoms with Gasteiger partial charge in [-0.1, -0.05) is 74.0 Å². The molecule has 64 heavy (non-hydrogen) atoms. The average Bonchev–Trinajstić information content (AvgIpc) is 3.75. The number of carbonyl (C=O) groups is 2. The van der Waals surface area contributed by atoms with Crippen molar-refractivity contribution < 1.29 is 63.2 Å². The minimum Gasteiger partial charge on any atom is -0.462 e. The molecule has 2 aromatic rings. The highest BCUT2D eigenvalue weighted by atomic mass is 16.7. The Balaban J connectivity index is 1.47. The van der Waals surface area contributed by atoms with E-state index in [9.17, 15) is 30.0 Å². The largest absolute Gasteiger partial charge is 0.462 e. The first-order valence-electron chi connectivity index (χ1n) is 22.5. The minimum atomic E-state index is -1.29. The number of methoxy groups -OCH3 is 2. The predicted molar refractivity (Wildman–Crippen MR) is 235 cm³/mol. The summed E-state index contributed by atoms with van der Waals surface area (Å²) in [6.45, 7) is 11.2. The van der Waals surface area contributed by atoms with Gasteiger partial charge in [-0.15, -0.1) is 5.10 Å². The van der Waals surface area contributed by atoms with Gasteiger partial charge in [-0.3, -0.25) is 14.3 Å². The molecule has 17 heteroatoms. The number of esters is 1. The van der Waals surface area contributed by atoms with Crippen molar-refractivity contribution in [3.8, 4) is 11.3 Å². The van der Waals surface area contributed by atoms with Crippen LogP contribution in [-0.2, 0) is 49.3 Å². The van der Waals surface area contributed by atoms with E-state index in [2.05, 4.69) is 10.3 Å². The maximum atomic E-state index is 14.0. The SMILES string of the molecule is CC[C@H]1OC(=O)C[C@@H](O)[C@H](C)[C@@H](O[C@@H]2O[C@H](C)[C@@H](O)C(N(C)C)C2O)[C@@H](CCn2cc(-c3ccccc3)nn2)C[C@@H](C)C(=O)/C=C/C(C)=C/[C@@H]1CO[C@@H]1OC(C)[C@@H](O)[C@H](OC)C1OC. The molecule has 0 bridgehead atoms. The molecule has 17 atom stereocenters. The first kappa shape index (κ1) is 51.5. The van der Waals surface area contributed by atoms with E-state index in [-0.39, 0.29) is 18.8 Å².